The van der Waals surface area contributed by atoms with Crippen molar-refractivity contribution < 1.29 is 0 Å². The Labute approximate surface area is 282 Å². The van der Waals surface area contributed by atoms with Crippen LogP contribution in [-0.2, 0) is 0 Å². The first-order valence-corrected chi connectivity index (χ1v) is 16.5. The first-order chi connectivity index (χ1) is 23.2. The Morgan fingerprint density at radius 1 is 0.319 bits per heavy atom. The zero-order valence-electron chi connectivity index (χ0n) is 25.5. The van der Waals surface area contributed by atoms with E-state index in [-0.39, 0.29) is 0 Å². The zero-order chi connectivity index (χ0) is 31.6. The van der Waals surface area contributed by atoms with Crippen LogP contribution < -0.4 is 4.46 Å². The third-order valence-corrected chi connectivity index (χ3v) is 9.44. The fourth-order valence-electron chi connectivity index (χ4n) is 6.09. The van der Waals surface area contributed by atoms with Crippen molar-refractivity contribution in [3.8, 4) is 67.5 Å². The molecule has 0 spiro atoms. The van der Waals surface area contributed by atoms with Crippen LogP contribution >= 0.6 is 0 Å². The number of rotatable bonds is 6. The van der Waals surface area contributed by atoms with Crippen LogP contribution in [0.15, 0.2) is 170 Å². The van der Waals surface area contributed by atoms with E-state index in [1.54, 1.807) is 0 Å². The van der Waals surface area contributed by atoms with Crippen LogP contribution in [0.25, 0.3) is 78.3 Å². The van der Waals surface area contributed by atoms with Gasteiger partial charge in [0.05, 0.1) is 0 Å². The molecule has 0 aliphatic carbocycles. The van der Waals surface area contributed by atoms with Gasteiger partial charge in [-0.15, -0.1) is 0 Å². The number of aromatic nitrogens is 3. The van der Waals surface area contributed by atoms with Crippen molar-refractivity contribution in [1.29, 1.82) is 0 Å². The second kappa shape index (κ2) is 12.6. The maximum atomic E-state index is 4.98. The molecule has 0 fully saturated rings. The van der Waals surface area contributed by atoms with E-state index in [0.29, 0.717) is 17.5 Å². The molecule has 1 aromatic heterocycles. The van der Waals surface area contributed by atoms with Gasteiger partial charge in [-0.1, -0.05) is 60.7 Å². The molecular formula is C43H29N3Se. The Morgan fingerprint density at radius 3 is 1.47 bits per heavy atom. The van der Waals surface area contributed by atoms with Crippen molar-refractivity contribution in [3.63, 3.8) is 0 Å². The van der Waals surface area contributed by atoms with E-state index in [1.165, 1.54) is 37.5 Å². The molecule has 0 aliphatic heterocycles. The second-order valence-electron chi connectivity index (χ2n) is 11.4. The van der Waals surface area contributed by atoms with Crippen LogP contribution in [0.4, 0.5) is 0 Å². The van der Waals surface area contributed by atoms with E-state index < -0.39 is 0 Å². The fraction of sp³-hybridized carbons (Fsp3) is 0. The Bertz CT molecular complexity index is 2300. The molecule has 0 radical (unpaired) electrons. The van der Waals surface area contributed by atoms with E-state index in [1.807, 2.05) is 60.7 Å². The molecule has 8 aromatic rings. The van der Waals surface area contributed by atoms with Crippen LogP contribution in [0, 0.1) is 0 Å². The predicted molar refractivity (Wildman–Crippen MR) is 197 cm³/mol. The summed E-state index contributed by atoms with van der Waals surface area (Å²) in [6.45, 7) is 0. The van der Waals surface area contributed by atoms with Gasteiger partial charge in [0.15, 0.2) is 0 Å². The molecule has 0 saturated heterocycles. The normalized spacial score (nSPS) is 11.1. The molecule has 0 saturated carbocycles. The van der Waals surface area contributed by atoms with Crippen molar-refractivity contribution in [2.24, 2.45) is 0 Å². The van der Waals surface area contributed by atoms with Gasteiger partial charge in [0.1, 0.15) is 0 Å². The van der Waals surface area contributed by atoms with E-state index in [0.717, 1.165) is 27.8 Å². The number of nitrogens with zero attached hydrogens (tertiary/aromatic N) is 3. The second-order valence-corrected chi connectivity index (χ2v) is 12.4. The topological polar surface area (TPSA) is 38.7 Å². The summed E-state index contributed by atoms with van der Waals surface area (Å²) in [7, 11) is 0. The third-order valence-electron chi connectivity index (χ3n) is 8.43. The Kier molecular flexibility index (Phi) is 7.72. The quantitative estimate of drug-likeness (QED) is 0.166. The van der Waals surface area contributed by atoms with E-state index in [2.05, 4.69) is 125 Å². The molecule has 0 aliphatic rings. The van der Waals surface area contributed by atoms with E-state index in [9.17, 15) is 0 Å². The summed E-state index contributed by atoms with van der Waals surface area (Å²) in [6, 6.07) is 59.1. The number of benzene rings is 7. The number of hydrogen-bond donors (Lipinski definition) is 0. The molecule has 3 nitrogen and oxygen atoms in total. The molecule has 0 N–H and O–H groups in total. The van der Waals surface area contributed by atoms with Gasteiger partial charge in [-0.3, -0.25) is 0 Å². The average Bonchev–Trinajstić information content (AvgIpc) is 3.15. The molecular weight excluding hydrogens is 637 g/mol. The van der Waals surface area contributed by atoms with Gasteiger partial charge >= 0.3 is 223 Å². The van der Waals surface area contributed by atoms with Gasteiger partial charge in [-0.25, -0.2) is 0 Å². The van der Waals surface area contributed by atoms with Crippen molar-refractivity contribution in [1.82, 2.24) is 15.0 Å². The number of fused-ring (bicyclic) bond motifs is 1. The Morgan fingerprint density at radius 2 is 0.809 bits per heavy atom. The van der Waals surface area contributed by atoms with Crippen molar-refractivity contribution in [2.45, 2.75) is 0 Å². The SMILES string of the molecule is [SeH]c1c(-c2ccccc2)cccc1-c1cc(-c2cccc(-c3nc(-c4ccccc4)nc(-c4ccccc4)n3)c2)cc2ccccc12. The van der Waals surface area contributed by atoms with Crippen molar-refractivity contribution >= 4 is 31.2 Å². The van der Waals surface area contributed by atoms with E-state index >= 15 is 0 Å². The fourth-order valence-corrected chi connectivity index (χ4v) is 6.92. The van der Waals surface area contributed by atoms with Crippen LogP contribution in [0.5, 0.6) is 0 Å². The standard InChI is InChI=1S/C43H29N3Se/c47-40-37(29-14-4-1-5-15-29)24-13-25-38(40)39-28-35(27-33-20-10-11-23-36(33)39)32-21-12-22-34(26-32)43-45-41(30-16-6-2-7-17-30)44-42(46-43)31-18-8-3-9-19-31/h1-28,47H. The first kappa shape index (κ1) is 28.8. The van der Waals surface area contributed by atoms with Gasteiger partial charge < -0.3 is 0 Å². The minimum absolute atomic E-state index is 0.643. The van der Waals surface area contributed by atoms with Crippen molar-refractivity contribution in [2.75, 3.05) is 0 Å². The van der Waals surface area contributed by atoms with Gasteiger partial charge in [-0.2, -0.15) is 0 Å². The molecule has 7 aromatic carbocycles. The zero-order valence-corrected chi connectivity index (χ0v) is 27.3. The molecule has 0 atom stereocenters. The third kappa shape index (κ3) is 5.77. The summed E-state index contributed by atoms with van der Waals surface area (Å²) in [5.74, 6) is 1.95. The minimum atomic E-state index is 0.643. The van der Waals surface area contributed by atoms with Gasteiger partial charge in [0.25, 0.3) is 0 Å². The van der Waals surface area contributed by atoms with Gasteiger partial charge in [-0.05, 0) is 0 Å². The van der Waals surface area contributed by atoms with Crippen LogP contribution in [0.1, 0.15) is 0 Å². The number of hydrogen-bond acceptors (Lipinski definition) is 3. The molecule has 0 amide bonds. The summed E-state index contributed by atoms with van der Waals surface area (Å²) in [5, 5.41) is 2.42. The predicted octanol–water partition coefficient (Wildman–Crippen LogP) is 9.55. The van der Waals surface area contributed by atoms with Crippen LogP contribution in [0.3, 0.4) is 0 Å². The summed E-state index contributed by atoms with van der Waals surface area (Å²) >= 11 is 2.82. The van der Waals surface area contributed by atoms with Gasteiger partial charge in [0, 0.05) is 0 Å². The summed E-state index contributed by atoms with van der Waals surface area (Å²) in [5.41, 5.74) is 9.92. The molecule has 0 unspecified atom stereocenters. The molecule has 1 heterocycles. The molecule has 8 rings (SSSR count). The molecule has 0 bridgehead atoms. The average molecular weight is 667 g/mol. The maximum absolute atomic E-state index is 4.98. The summed E-state index contributed by atoms with van der Waals surface area (Å²) < 4.78 is 1.20. The monoisotopic (exact) mass is 667 g/mol. The van der Waals surface area contributed by atoms with Crippen LogP contribution in [0.2, 0.25) is 0 Å². The molecule has 47 heavy (non-hydrogen) atoms. The van der Waals surface area contributed by atoms with Gasteiger partial charge in [0.2, 0.25) is 0 Å². The van der Waals surface area contributed by atoms with E-state index in [4.69, 9.17) is 15.0 Å². The summed E-state index contributed by atoms with van der Waals surface area (Å²) in [4.78, 5) is 14.8. The van der Waals surface area contributed by atoms with Crippen LogP contribution in [-0.4, -0.2) is 31.0 Å². The molecule has 222 valence electrons. The first-order valence-electron chi connectivity index (χ1n) is 15.6. The Balaban J connectivity index is 1.27. The van der Waals surface area contributed by atoms with Crippen molar-refractivity contribution in [3.05, 3.63) is 170 Å². The Hall–Kier alpha value is -5.67. The summed E-state index contributed by atoms with van der Waals surface area (Å²) in [6.07, 6.45) is 0. The molecule has 4 heteroatoms.